The highest BCUT2D eigenvalue weighted by Gasteiger charge is 2.48. The van der Waals surface area contributed by atoms with Crippen LogP contribution < -0.4 is 10.6 Å². The van der Waals surface area contributed by atoms with Gasteiger partial charge in [0.25, 0.3) is 17.7 Å². The lowest BCUT2D eigenvalue weighted by Crippen LogP contribution is -2.50. The molecule has 0 unspecified atom stereocenters. The summed E-state index contributed by atoms with van der Waals surface area (Å²) in [5.74, 6) is -8.27. The number of rotatable bonds is 10. The monoisotopic (exact) mass is 697 g/mol. The molecule has 266 valence electrons. The van der Waals surface area contributed by atoms with Crippen molar-refractivity contribution in [2.75, 3.05) is 13.1 Å². The first-order valence-electron chi connectivity index (χ1n) is 16.7. The van der Waals surface area contributed by atoms with E-state index in [1.54, 1.807) is 45.2 Å². The molecule has 50 heavy (non-hydrogen) atoms. The molecule has 3 aromatic rings. The first-order chi connectivity index (χ1) is 23.5. The number of alkyl carbamates (subject to hydrolysis) is 1. The van der Waals surface area contributed by atoms with Crippen molar-refractivity contribution in [2.24, 2.45) is 11.3 Å². The zero-order valence-electron chi connectivity index (χ0n) is 28.0. The Morgan fingerprint density at radius 1 is 1.10 bits per heavy atom. The van der Waals surface area contributed by atoms with Gasteiger partial charge in [-0.15, -0.1) is 0 Å². The highest BCUT2D eigenvalue weighted by molar-refractivity contribution is 6.21. The zero-order valence-corrected chi connectivity index (χ0v) is 28.0. The fourth-order valence-corrected chi connectivity index (χ4v) is 7.06. The highest BCUT2D eigenvalue weighted by atomic mass is 19.3. The van der Waals surface area contributed by atoms with Crippen molar-refractivity contribution in [2.45, 2.75) is 95.2 Å². The number of carbonyl (C=O) groups excluding carboxylic acids is 3. The Morgan fingerprint density at radius 2 is 1.74 bits per heavy atom. The number of hydrogen-bond acceptors (Lipinski definition) is 8. The van der Waals surface area contributed by atoms with Crippen LogP contribution in [0.15, 0.2) is 42.7 Å². The first kappa shape index (κ1) is 35.3. The molecule has 2 fully saturated rings. The molecule has 2 atom stereocenters. The second-order valence-corrected chi connectivity index (χ2v) is 14.6. The van der Waals surface area contributed by atoms with Gasteiger partial charge in [0, 0.05) is 12.8 Å². The van der Waals surface area contributed by atoms with Crippen LogP contribution >= 0.6 is 0 Å². The van der Waals surface area contributed by atoms with E-state index in [2.05, 4.69) is 26.8 Å². The van der Waals surface area contributed by atoms with Gasteiger partial charge in [0.1, 0.15) is 5.60 Å². The number of ether oxygens (including phenoxy) is 1. The summed E-state index contributed by atoms with van der Waals surface area (Å²) in [5.41, 5.74) is -0.597. The van der Waals surface area contributed by atoms with Crippen molar-refractivity contribution in [1.29, 1.82) is 5.26 Å². The second-order valence-electron chi connectivity index (χ2n) is 14.6. The molecule has 0 spiro atoms. The van der Waals surface area contributed by atoms with Crippen molar-refractivity contribution in [3.8, 4) is 6.07 Å². The summed E-state index contributed by atoms with van der Waals surface area (Å²) in [6, 6.07) is 8.21. The molecule has 3 aliphatic rings. The summed E-state index contributed by atoms with van der Waals surface area (Å²) < 4.78 is 66.0. The molecule has 1 aliphatic heterocycles. The van der Waals surface area contributed by atoms with Gasteiger partial charge in [-0.1, -0.05) is 18.6 Å². The Kier molecular flexibility index (Phi) is 9.13. The molecule has 3 amide bonds. The van der Waals surface area contributed by atoms with E-state index in [9.17, 15) is 28.4 Å². The molecule has 3 heterocycles. The van der Waals surface area contributed by atoms with Crippen LogP contribution in [0.3, 0.4) is 0 Å². The van der Waals surface area contributed by atoms with Gasteiger partial charge in [-0.3, -0.25) is 14.5 Å². The van der Waals surface area contributed by atoms with Crippen molar-refractivity contribution < 1.29 is 36.7 Å². The largest absolute Gasteiger partial charge is 0.444 e. The van der Waals surface area contributed by atoms with Crippen LogP contribution in [0.1, 0.15) is 110 Å². The van der Waals surface area contributed by atoms with Gasteiger partial charge in [0.15, 0.2) is 5.65 Å². The Balaban J connectivity index is 1.25. The number of amides is 3. The fourth-order valence-electron chi connectivity index (χ4n) is 7.06. The third-order valence-electron chi connectivity index (χ3n) is 9.77. The van der Waals surface area contributed by atoms with Gasteiger partial charge in [-0.2, -0.15) is 10.4 Å². The number of imide groups is 1. The van der Waals surface area contributed by atoms with Crippen LogP contribution in [-0.4, -0.2) is 67.9 Å². The lowest BCUT2D eigenvalue weighted by Gasteiger charge is -2.43. The third-order valence-corrected chi connectivity index (χ3v) is 9.77. The molecule has 0 bridgehead atoms. The van der Waals surface area contributed by atoms with E-state index in [1.165, 1.54) is 22.8 Å². The summed E-state index contributed by atoms with van der Waals surface area (Å²) >= 11 is 0. The number of nitrogens with one attached hydrogen (secondary N) is 2. The fraction of sp³-hybridized carbons (Fsp3) is 0.543. The van der Waals surface area contributed by atoms with E-state index in [1.807, 2.05) is 0 Å². The number of nitrogens with zero attached hydrogens (tertiary/aromatic N) is 5. The summed E-state index contributed by atoms with van der Waals surface area (Å²) in [6.07, 6.45) is 3.55. The average Bonchev–Trinajstić information content (AvgIpc) is 3.55. The van der Waals surface area contributed by atoms with Crippen molar-refractivity contribution >= 4 is 23.6 Å². The lowest BCUT2D eigenvalue weighted by molar-refractivity contribution is -0.0500. The zero-order chi connectivity index (χ0) is 36.1. The average molecular weight is 698 g/mol. The van der Waals surface area contributed by atoms with Crippen LogP contribution in [0.2, 0.25) is 0 Å². The predicted molar refractivity (Wildman–Crippen MR) is 171 cm³/mol. The lowest BCUT2D eigenvalue weighted by atomic mass is 9.63. The smallest absolute Gasteiger partial charge is 0.408 e. The normalized spacial score (nSPS) is 20.2. The summed E-state index contributed by atoms with van der Waals surface area (Å²) in [5, 5.41) is 20.3. The van der Waals surface area contributed by atoms with Crippen LogP contribution in [0.25, 0.3) is 5.65 Å². The topological polar surface area (TPSA) is 142 Å². The molecular formula is C35H39F4N7O4. The Bertz CT molecular complexity index is 1800. The number of halogens is 4. The number of nitriles is 1. The summed E-state index contributed by atoms with van der Waals surface area (Å²) in [6.45, 7) is 3.05. The molecule has 2 aliphatic carbocycles. The van der Waals surface area contributed by atoms with Crippen molar-refractivity contribution in [3.05, 3.63) is 65.1 Å². The minimum atomic E-state index is -3.54. The molecule has 0 saturated heterocycles. The van der Waals surface area contributed by atoms with Gasteiger partial charge in [-0.05, 0) is 76.1 Å². The number of carbonyl (C=O) groups is 3. The van der Waals surface area contributed by atoms with Crippen LogP contribution in [-0.2, 0) is 4.74 Å². The number of aromatic nitrogens is 3. The second kappa shape index (κ2) is 12.9. The maximum atomic E-state index is 15.5. The Labute approximate surface area is 286 Å². The first-order valence-corrected chi connectivity index (χ1v) is 16.7. The number of benzene rings is 1. The van der Waals surface area contributed by atoms with Gasteiger partial charge in [0.2, 0.25) is 5.92 Å². The molecule has 15 heteroatoms. The van der Waals surface area contributed by atoms with Gasteiger partial charge in [-0.25, -0.2) is 31.9 Å². The standard InChI is InChI=1S/C35H39F4N7O4/c1-32(2,3)50-31(49)44-27(21-9-13-34(36,37)14-10-21)25-17-46-26(43-25)15-22(16-42-46)28(33(18-40)11-6-12-33)41-19-35(38,39)20-45-29(47)23-7-4-5-8-24(23)30(45)48/h4-5,7-8,15-17,21,27-28,41H,6,9-14,19-20H2,1-3H3,(H,44,49)/t27-,28-/m0/s1. The van der Waals surface area contributed by atoms with E-state index in [4.69, 9.17) is 4.74 Å². The van der Waals surface area contributed by atoms with E-state index in [-0.39, 0.29) is 42.7 Å². The third kappa shape index (κ3) is 7.17. The number of hydrogen-bond donors (Lipinski definition) is 2. The summed E-state index contributed by atoms with van der Waals surface area (Å²) in [4.78, 5) is 43.6. The molecule has 0 radical (unpaired) electrons. The SMILES string of the molecule is CC(C)(C)OC(=O)N[C@H](c1cn2ncc([C@H](NCC(F)(F)CN3C(=O)c4ccccc4C3=O)C3(C#N)CCC3)cc2n1)C1CCC(F)(F)CC1. The number of alkyl halides is 4. The highest BCUT2D eigenvalue weighted by Crippen LogP contribution is 2.50. The number of imidazole rings is 1. The van der Waals surface area contributed by atoms with E-state index < -0.39 is 65.9 Å². The van der Waals surface area contributed by atoms with E-state index in [0.717, 1.165) is 6.42 Å². The molecule has 11 nitrogen and oxygen atoms in total. The molecule has 2 N–H and O–H groups in total. The molecule has 2 aromatic heterocycles. The maximum absolute atomic E-state index is 15.5. The number of fused-ring (bicyclic) bond motifs is 2. The molecule has 1 aromatic carbocycles. The van der Waals surface area contributed by atoms with Gasteiger partial charge < -0.3 is 15.4 Å². The molecule has 2 saturated carbocycles. The van der Waals surface area contributed by atoms with Crippen LogP contribution in [0.4, 0.5) is 22.4 Å². The van der Waals surface area contributed by atoms with Crippen molar-refractivity contribution in [3.63, 3.8) is 0 Å². The van der Waals surface area contributed by atoms with Gasteiger partial charge in [0.05, 0.1) is 65.9 Å². The quantitative estimate of drug-likeness (QED) is 0.184. The van der Waals surface area contributed by atoms with Crippen LogP contribution in [0, 0.1) is 22.7 Å². The molecular weight excluding hydrogens is 658 g/mol. The molecule has 6 rings (SSSR count). The Hall–Kier alpha value is -4.58. The van der Waals surface area contributed by atoms with Gasteiger partial charge >= 0.3 is 6.09 Å². The predicted octanol–water partition coefficient (Wildman–Crippen LogP) is 6.38. The minimum absolute atomic E-state index is 0.0699. The van der Waals surface area contributed by atoms with E-state index >= 15 is 8.78 Å². The summed E-state index contributed by atoms with van der Waals surface area (Å²) in [7, 11) is 0. The maximum Gasteiger partial charge on any atom is 0.408 e. The Morgan fingerprint density at radius 3 is 2.30 bits per heavy atom. The van der Waals surface area contributed by atoms with Crippen molar-refractivity contribution in [1.82, 2.24) is 30.1 Å². The van der Waals surface area contributed by atoms with E-state index in [0.29, 0.717) is 34.6 Å². The van der Waals surface area contributed by atoms with Crippen LogP contribution in [0.5, 0.6) is 0 Å². The minimum Gasteiger partial charge on any atom is -0.444 e.